The third-order valence-corrected chi connectivity index (χ3v) is 2.72. The molecule has 2 N–H and O–H groups in total. The third kappa shape index (κ3) is 3.19. The monoisotopic (exact) mass is 324 g/mol. The first-order chi connectivity index (χ1) is 8.95. The zero-order valence-electron chi connectivity index (χ0n) is 9.81. The highest BCUT2D eigenvalue weighted by atomic mass is 79.9. The van der Waals surface area contributed by atoms with Gasteiger partial charge in [0.2, 0.25) is 5.88 Å². The Bertz CT molecular complexity index is 696. The summed E-state index contributed by atoms with van der Waals surface area (Å²) in [6, 6.07) is 5.65. The van der Waals surface area contributed by atoms with Gasteiger partial charge in [-0.15, -0.1) is 0 Å². The van der Waals surface area contributed by atoms with Gasteiger partial charge in [-0.3, -0.25) is 4.79 Å². The van der Waals surface area contributed by atoms with Crippen LogP contribution in [-0.4, -0.2) is 21.0 Å². The number of aromatic amines is 1. The summed E-state index contributed by atoms with van der Waals surface area (Å²) < 4.78 is 6.03. The number of carbonyl (C=O) groups is 1. The van der Waals surface area contributed by atoms with E-state index in [4.69, 9.17) is 9.84 Å². The molecule has 0 bridgehead atoms. The Kier molecular flexibility index (Phi) is 3.66. The van der Waals surface area contributed by atoms with Crippen molar-refractivity contribution in [1.82, 2.24) is 9.97 Å². The summed E-state index contributed by atoms with van der Waals surface area (Å²) in [6.07, 6.45) is 0. The van der Waals surface area contributed by atoms with Gasteiger partial charge in [-0.1, -0.05) is 15.9 Å². The molecule has 2 rings (SSSR count). The van der Waals surface area contributed by atoms with Gasteiger partial charge in [-0.25, -0.2) is 9.78 Å². The molecule has 0 aliphatic carbocycles. The van der Waals surface area contributed by atoms with Gasteiger partial charge < -0.3 is 14.8 Å². The quantitative estimate of drug-likeness (QED) is 0.903. The number of halogens is 1. The fourth-order valence-electron chi connectivity index (χ4n) is 1.47. The molecule has 0 unspecified atom stereocenters. The van der Waals surface area contributed by atoms with Crippen molar-refractivity contribution in [3.8, 4) is 11.6 Å². The zero-order valence-corrected chi connectivity index (χ0v) is 11.4. The Balaban J connectivity index is 2.45. The van der Waals surface area contributed by atoms with E-state index in [9.17, 15) is 9.59 Å². The van der Waals surface area contributed by atoms with Crippen LogP contribution in [0.25, 0.3) is 0 Å². The van der Waals surface area contributed by atoms with E-state index in [1.165, 1.54) is 12.1 Å². The molecule has 1 aromatic heterocycles. The SMILES string of the molecule is Cc1nc(Oc2cc(Br)ccc2C(=O)O)cc(=O)[nH]1. The minimum absolute atomic E-state index is 0.0112. The topological polar surface area (TPSA) is 92.3 Å². The fraction of sp³-hybridized carbons (Fsp3) is 0.0833. The minimum atomic E-state index is -1.12. The molecule has 1 aromatic carbocycles. The Labute approximate surface area is 116 Å². The van der Waals surface area contributed by atoms with E-state index in [2.05, 4.69) is 25.9 Å². The van der Waals surface area contributed by atoms with E-state index in [-0.39, 0.29) is 22.8 Å². The molecule has 0 saturated heterocycles. The van der Waals surface area contributed by atoms with Crippen molar-refractivity contribution in [1.29, 1.82) is 0 Å². The van der Waals surface area contributed by atoms with Gasteiger partial charge in [0, 0.05) is 4.47 Å². The van der Waals surface area contributed by atoms with Crippen molar-refractivity contribution in [3.63, 3.8) is 0 Å². The zero-order chi connectivity index (χ0) is 14.0. The molecular weight excluding hydrogens is 316 g/mol. The van der Waals surface area contributed by atoms with Crippen molar-refractivity contribution in [3.05, 3.63) is 50.5 Å². The van der Waals surface area contributed by atoms with Crippen LogP contribution in [0.4, 0.5) is 0 Å². The number of nitrogens with one attached hydrogen (secondary N) is 1. The van der Waals surface area contributed by atoms with Crippen molar-refractivity contribution in [2.24, 2.45) is 0 Å². The number of H-pyrrole nitrogens is 1. The van der Waals surface area contributed by atoms with Gasteiger partial charge in [0.1, 0.15) is 17.1 Å². The van der Waals surface area contributed by atoms with E-state index < -0.39 is 5.97 Å². The molecular formula is C12H9BrN2O4. The first kappa shape index (κ1) is 13.3. The smallest absolute Gasteiger partial charge is 0.339 e. The number of aryl methyl sites for hydroxylation is 1. The van der Waals surface area contributed by atoms with E-state index in [1.54, 1.807) is 13.0 Å². The number of carboxylic acid groups (broad SMARTS) is 1. The molecule has 0 saturated carbocycles. The summed E-state index contributed by atoms with van der Waals surface area (Å²) in [6.45, 7) is 1.60. The first-order valence-corrected chi connectivity index (χ1v) is 6.03. The third-order valence-electron chi connectivity index (χ3n) is 2.23. The van der Waals surface area contributed by atoms with Crippen LogP contribution in [0.1, 0.15) is 16.2 Å². The van der Waals surface area contributed by atoms with Crippen LogP contribution in [0.3, 0.4) is 0 Å². The molecule has 0 aliphatic rings. The van der Waals surface area contributed by atoms with Crippen molar-refractivity contribution in [2.75, 3.05) is 0 Å². The number of hydrogen-bond acceptors (Lipinski definition) is 4. The number of benzene rings is 1. The van der Waals surface area contributed by atoms with E-state index in [0.29, 0.717) is 10.3 Å². The summed E-state index contributed by atoms with van der Waals surface area (Å²) >= 11 is 3.23. The van der Waals surface area contributed by atoms with Gasteiger partial charge >= 0.3 is 5.97 Å². The van der Waals surface area contributed by atoms with E-state index in [1.807, 2.05) is 0 Å². The van der Waals surface area contributed by atoms with Crippen LogP contribution in [0, 0.1) is 6.92 Å². The van der Waals surface area contributed by atoms with E-state index >= 15 is 0 Å². The summed E-state index contributed by atoms with van der Waals surface area (Å²) in [5.74, 6) is -0.584. The molecule has 6 nitrogen and oxygen atoms in total. The number of hydrogen-bond donors (Lipinski definition) is 2. The lowest BCUT2D eigenvalue weighted by Crippen LogP contribution is -2.09. The Hall–Kier alpha value is -2.15. The molecule has 0 fully saturated rings. The molecule has 0 amide bonds. The van der Waals surface area contributed by atoms with E-state index in [0.717, 1.165) is 6.07 Å². The minimum Gasteiger partial charge on any atom is -0.478 e. The fourth-order valence-corrected chi connectivity index (χ4v) is 1.81. The Morgan fingerprint density at radius 3 is 2.79 bits per heavy atom. The number of carboxylic acids is 1. The number of nitrogens with zero attached hydrogens (tertiary/aromatic N) is 1. The maximum Gasteiger partial charge on any atom is 0.339 e. The highest BCUT2D eigenvalue weighted by Crippen LogP contribution is 2.27. The van der Waals surface area contributed by atoms with Crippen LogP contribution in [0.5, 0.6) is 11.6 Å². The standard InChI is InChI=1S/C12H9BrN2O4/c1-6-14-10(16)5-11(15-6)19-9-4-7(13)2-3-8(9)12(17)18/h2-5H,1H3,(H,17,18)(H,14,15,16). The number of aromatic carboxylic acids is 1. The van der Waals surface area contributed by atoms with Crippen molar-refractivity contribution in [2.45, 2.75) is 6.92 Å². The molecule has 0 atom stereocenters. The lowest BCUT2D eigenvalue weighted by molar-refractivity contribution is 0.0694. The second-order valence-corrected chi connectivity index (χ2v) is 4.63. The van der Waals surface area contributed by atoms with Crippen molar-refractivity contribution >= 4 is 21.9 Å². The average Bonchev–Trinajstić information content (AvgIpc) is 2.26. The molecule has 2 aromatic rings. The summed E-state index contributed by atoms with van der Waals surface area (Å²) in [5, 5.41) is 9.06. The largest absolute Gasteiger partial charge is 0.478 e. The molecule has 19 heavy (non-hydrogen) atoms. The Morgan fingerprint density at radius 2 is 2.16 bits per heavy atom. The normalized spacial score (nSPS) is 10.2. The van der Waals surface area contributed by atoms with Gasteiger partial charge in [0.15, 0.2) is 0 Å². The second-order valence-electron chi connectivity index (χ2n) is 3.72. The predicted molar refractivity (Wildman–Crippen MR) is 70.8 cm³/mol. The van der Waals surface area contributed by atoms with Gasteiger partial charge in [0.25, 0.3) is 5.56 Å². The maximum absolute atomic E-state index is 11.3. The number of rotatable bonds is 3. The van der Waals surface area contributed by atoms with Crippen LogP contribution in [0.2, 0.25) is 0 Å². The maximum atomic E-state index is 11.3. The highest BCUT2D eigenvalue weighted by molar-refractivity contribution is 9.10. The average molecular weight is 325 g/mol. The lowest BCUT2D eigenvalue weighted by atomic mass is 10.2. The van der Waals surface area contributed by atoms with Gasteiger partial charge in [-0.2, -0.15) is 0 Å². The summed E-state index contributed by atoms with van der Waals surface area (Å²) in [7, 11) is 0. The molecule has 1 heterocycles. The molecule has 98 valence electrons. The van der Waals surface area contributed by atoms with Crippen LogP contribution < -0.4 is 10.3 Å². The first-order valence-electron chi connectivity index (χ1n) is 5.24. The predicted octanol–water partition coefficient (Wildman–Crippen LogP) is 2.33. The van der Waals surface area contributed by atoms with Crippen LogP contribution in [-0.2, 0) is 0 Å². The molecule has 7 heteroatoms. The summed E-state index contributed by atoms with van der Waals surface area (Å²) in [4.78, 5) is 28.8. The molecule has 0 spiro atoms. The summed E-state index contributed by atoms with van der Waals surface area (Å²) in [5.41, 5.74) is -0.377. The second kappa shape index (κ2) is 5.23. The molecule has 0 radical (unpaired) electrons. The lowest BCUT2D eigenvalue weighted by Gasteiger charge is -2.08. The van der Waals surface area contributed by atoms with Gasteiger partial charge in [-0.05, 0) is 25.1 Å². The van der Waals surface area contributed by atoms with Gasteiger partial charge in [0.05, 0.1) is 6.07 Å². The number of ether oxygens (including phenoxy) is 1. The molecule has 0 aliphatic heterocycles. The van der Waals surface area contributed by atoms with Crippen LogP contribution in [0.15, 0.2) is 33.5 Å². The van der Waals surface area contributed by atoms with Crippen LogP contribution >= 0.6 is 15.9 Å². The number of aromatic nitrogens is 2. The Morgan fingerprint density at radius 1 is 1.42 bits per heavy atom. The highest BCUT2D eigenvalue weighted by Gasteiger charge is 2.13. The van der Waals surface area contributed by atoms with Crippen molar-refractivity contribution < 1.29 is 14.6 Å².